The van der Waals surface area contributed by atoms with Crippen LogP contribution in [0.5, 0.6) is 0 Å². The van der Waals surface area contributed by atoms with Gasteiger partial charge in [0.1, 0.15) is 11.4 Å². The Hall–Kier alpha value is -3.62. The van der Waals surface area contributed by atoms with E-state index in [0.29, 0.717) is 16.9 Å². The molecule has 0 fully saturated rings. The number of nitrogens with one attached hydrogen (secondary N) is 2. The fourth-order valence-electron chi connectivity index (χ4n) is 2.59. The minimum Gasteiger partial charge on any atom is -0.461 e. The van der Waals surface area contributed by atoms with E-state index >= 15 is 0 Å². The van der Waals surface area contributed by atoms with E-state index in [2.05, 4.69) is 10.3 Å². The summed E-state index contributed by atoms with van der Waals surface area (Å²) in [7, 11) is 1.56. The Kier molecular flexibility index (Phi) is 4.44. The molecule has 0 aliphatic rings. The van der Waals surface area contributed by atoms with Gasteiger partial charge in [0.15, 0.2) is 0 Å². The number of hydrogen-bond acceptors (Lipinski definition) is 5. The average molecular weight is 356 g/mol. The van der Waals surface area contributed by atoms with Crippen molar-refractivity contribution < 1.29 is 19.2 Å². The third-order valence-electron chi connectivity index (χ3n) is 3.81. The Morgan fingerprint density at radius 3 is 2.73 bits per heavy atom. The number of H-pyrrole nitrogens is 1. The molecule has 0 saturated carbocycles. The number of esters is 1. The maximum Gasteiger partial charge on any atom is 0.354 e. The van der Waals surface area contributed by atoms with Crippen molar-refractivity contribution in [2.75, 3.05) is 11.9 Å². The number of amides is 1. The van der Waals surface area contributed by atoms with Gasteiger partial charge in [0.25, 0.3) is 11.6 Å². The maximum absolute atomic E-state index is 12.4. The summed E-state index contributed by atoms with van der Waals surface area (Å²) in [6.45, 7) is 2.00. The SMILES string of the molecule is CCOC(=O)c1cc2ccc(NC(=O)c3cc([N+](=O)[O-])cn3C)cc2[nH]1. The zero-order valence-corrected chi connectivity index (χ0v) is 14.1. The van der Waals surface area contributed by atoms with Gasteiger partial charge < -0.3 is 19.6 Å². The van der Waals surface area contributed by atoms with Crippen LogP contribution in [0.4, 0.5) is 11.4 Å². The fourth-order valence-corrected chi connectivity index (χ4v) is 2.59. The molecule has 3 rings (SSSR count). The van der Waals surface area contributed by atoms with Crippen LogP contribution >= 0.6 is 0 Å². The number of aromatic amines is 1. The van der Waals surface area contributed by atoms with Crippen LogP contribution in [0.25, 0.3) is 10.9 Å². The molecule has 3 aromatic rings. The van der Waals surface area contributed by atoms with Crippen molar-refractivity contribution in [3.05, 3.63) is 58.0 Å². The summed E-state index contributed by atoms with van der Waals surface area (Å²) in [5.74, 6) is -0.928. The van der Waals surface area contributed by atoms with Crippen LogP contribution in [0.2, 0.25) is 0 Å². The zero-order chi connectivity index (χ0) is 18.8. The second kappa shape index (κ2) is 6.71. The van der Waals surface area contributed by atoms with Crippen molar-refractivity contribution in [3.63, 3.8) is 0 Å². The van der Waals surface area contributed by atoms with E-state index in [9.17, 15) is 19.7 Å². The number of hydrogen-bond donors (Lipinski definition) is 2. The van der Waals surface area contributed by atoms with Gasteiger partial charge in [-0.1, -0.05) is 6.07 Å². The first-order chi connectivity index (χ1) is 12.4. The number of rotatable bonds is 5. The Bertz CT molecular complexity index is 1020. The zero-order valence-electron chi connectivity index (χ0n) is 14.1. The van der Waals surface area contributed by atoms with Crippen LogP contribution in [-0.2, 0) is 11.8 Å². The van der Waals surface area contributed by atoms with E-state index in [0.717, 1.165) is 5.39 Å². The number of ether oxygens (including phenoxy) is 1. The Labute approximate surface area is 147 Å². The predicted octanol–water partition coefficient (Wildman–Crippen LogP) is 2.84. The number of nitro groups is 1. The number of aromatic nitrogens is 2. The van der Waals surface area contributed by atoms with Crippen molar-refractivity contribution in [1.29, 1.82) is 0 Å². The molecular weight excluding hydrogens is 340 g/mol. The fraction of sp³-hybridized carbons (Fsp3) is 0.176. The molecule has 0 aliphatic carbocycles. The molecule has 0 unspecified atom stereocenters. The van der Waals surface area contributed by atoms with Gasteiger partial charge in [0, 0.05) is 29.7 Å². The highest BCUT2D eigenvalue weighted by Gasteiger charge is 2.18. The van der Waals surface area contributed by atoms with Crippen LogP contribution in [0.1, 0.15) is 27.9 Å². The normalized spacial score (nSPS) is 10.7. The van der Waals surface area contributed by atoms with Gasteiger partial charge in [0.05, 0.1) is 17.7 Å². The van der Waals surface area contributed by atoms with E-state index in [1.807, 2.05) is 0 Å². The molecule has 0 aliphatic heterocycles. The summed E-state index contributed by atoms with van der Waals surface area (Å²) in [5.41, 5.74) is 1.47. The molecule has 1 aromatic carbocycles. The summed E-state index contributed by atoms with van der Waals surface area (Å²) in [5, 5.41) is 14.3. The maximum atomic E-state index is 12.4. The molecule has 2 N–H and O–H groups in total. The molecule has 2 aromatic heterocycles. The van der Waals surface area contributed by atoms with Gasteiger partial charge >= 0.3 is 5.97 Å². The number of carbonyl (C=O) groups excluding carboxylic acids is 2. The topological polar surface area (TPSA) is 119 Å². The van der Waals surface area contributed by atoms with Crippen LogP contribution in [-0.4, -0.2) is 33.0 Å². The largest absolute Gasteiger partial charge is 0.461 e. The van der Waals surface area contributed by atoms with Gasteiger partial charge in [-0.25, -0.2) is 4.79 Å². The van der Waals surface area contributed by atoms with Crippen molar-refractivity contribution in [2.45, 2.75) is 6.92 Å². The molecule has 9 nitrogen and oxygen atoms in total. The highest BCUT2D eigenvalue weighted by atomic mass is 16.6. The number of carbonyl (C=O) groups is 2. The van der Waals surface area contributed by atoms with Crippen molar-refractivity contribution >= 4 is 34.2 Å². The lowest BCUT2D eigenvalue weighted by molar-refractivity contribution is -0.384. The smallest absolute Gasteiger partial charge is 0.354 e. The molecule has 0 bridgehead atoms. The molecular formula is C17H16N4O5. The molecule has 0 atom stereocenters. The van der Waals surface area contributed by atoms with Crippen LogP contribution in [0.15, 0.2) is 36.5 Å². The summed E-state index contributed by atoms with van der Waals surface area (Å²) < 4.78 is 6.34. The minimum absolute atomic E-state index is 0.156. The molecule has 26 heavy (non-hydrogen) atoms. The molecule has 0 spiro atoms. The lowest BCUT2D eigenvalue weighted by atomic mass is 10.2. The third kappa shape index (κ3) is 3.27. The molecule has 9 heteroatoms. The van der Waals surface area contributed by atoms with Gasteiger partial charge in [-0.05, 0) is 25.1 Å². The summed E-state index contributed by atoms with van der Waals surface area (Å²) in [6, 6.07) is 7.98. The third-order valence-corrected chi connectivity index (χ3v) is 3.81. The van der Waals surface area contributed by atoms with Crippen molar-refractivity contribution in [1.82, 2.24) is 9.55 Å². The number of anilines is 1. The second-order valence-corrected chi connectivity index (χ2v) is 5.61. The van der Waals surface area contributed by atoms with Crippen LogP contribution in [0.3, 0.4) is 0 Å². The summed E-state index contributed by atoms with van der Waals surface area (Å²) in [4.78, 5) is 37.3. The van der Waals surface area contributed by atoms with E-state index in [4.69, 9.17) is 4.74 Å². The lowest BCUT2D eigenvalue weighted by Gasteiger charge is -2.05. The molecule has 134 valence electrons. The van der Waals surface area contributed by atoms with E-state index in [1.54, 1.807) is 38.2 Å². The van der Waals surface area contributed by atoms with E-state index < -0.39 is 16.8 Å². The Morgan fingerprint density at radius 2 is 2.08 bits per heavy atom. The van der Waals surface area contributed by atoms with E-state index in [-0.39, 0.29) is 18.0 Å². The first-order valence-electron chi connectivity index (χ1n) is 7.81. The second-order valence-electron chi connectivity index (χ2n) is 5.61. The Balaban J connectivity index is 1.83. The number of aryl methyl sites for hydroxylation is 1. The lowest BCUT2D eigenvalue weighted by Crippen LogP contribution is -2.15. The molecule has 0 radical (unpaired) electrons. The van der Waals surface area contributed by atoms with Gasteiger partial charge in [-0.2, -0.15) is 0 Å². The summed E-state index contributed by atoms with van der Waals surface area (Å²) >= 11 is 0. The monoisotopic (exact) mass is 356 g/mol. The first-order valence-corrected chi connectivity index (χ1v) is 7.81. The first kappa shape index (κ1) is 17.2. The predicted molar refractivity (Wildman–Crippen MR) is 94.3 cm³/mol. The Morgan fingerprint density at radius 1 is 1.31 bits per heavy atom. The van der Waals surface area contributed by atoms with Gasteiger partial charge in [-0.3, -0.25) is 14.9 Å². The van der Waals surface area contributed by atoms with Gasteiger partial charge in [0.2, 0.25) is 0 Å². The number of nitrogens with zero attached hydrogens (tertiary/aromatic N) is 2. The quantitative estimate of drug-likeness (QED) is 0.414. The standard InChI is InChI=1S/C17H16N4O5/c1-3-26-17(23)14-6-10-4-5-11(7-13(10)19-14)18-16(22)15-8-12(21(24)25)9-20(15)2/h4-9,19H,3H2,1-2H3,(H,18,22). The molecule has 1 amide bonds. The summed E-state index contributed by atoms with van der Waals surface area (Å²) in [6.07, 6.45) is 1.27. The van der Waals surface area contributed by atoms with Gasteiger partial charge in [-0.15, -0.1) is 0 Å². The van der Waals surface area contributed by atoms with Crippen molar-refractivity contribution in [3.8, 4) is 0 Å². The molecule has 0 saturated heterocycles. The van der Waals surface area contributed by atoms with Crippen LogP contribution < -0.4 is 5.32 Å². The number of benzene rings is 1. The average Bonchev–Trinajstić information content (AvgIpc) is 3.18. The highest BCUT2D eigenvalue weighted by molar-refractivity contribution is 6.05. The van der Waals surface area contributed by atoms with Crippen molar-refractivity contribution in [2.24, 2.45) is 7.05 Å². The number of fused-ring (bicyclic) bond motifs is 1. The van der Waals surface area contributed by atoms with E-state index in [1.165, 1.54) is 16.8 Å². The highest BCUT2D eigenvalue weighted by Crippen LogP contribution is 2.22. The molecule has 2 heterocycles. The van der Waals surface area contributed by atoms with Crippen LogP contribution in [0, 0.1) is 10.1 Å². The minimum atomic E-state index is -0.557.